The summed E-state index contributed by atoms with van der Waals surface area (Å²) < 4.78 is 0. The SMILES string of the molecule is [C-]#[N+]/C(C#N)=C1\C(=O)c2ccc(-c3cccc(N)c3)cc2-c2cc(-c3cccc(N)c3)ccc21. The number of nitrogen functional groups attached to an aromatic ring is 2. The number of fused-ring (bicyclic) bond motifs is 3. The van der Waals surface area contributed by atoms with Gasteiger partial charge in [-0.15, -0.1) is 0 Å². The molecule has 4 aromatic carbocycles. The zero-order valence-electron chi connectivity index (χ0n) is 18.0. The lowest BCUT2D eigenvalue weighted by Crippen LogP contribution is -2.13. The number of nitriles is 1. The lowest BCUT2D eigenvalue weighted by molar-refractivity contribution is 0.105. The van der Waals surface area contributed by atoms with Crippen molar-refractivity contribution in [2.24, 2.45) is 0 Å². The number of Topliss-reactive ketones (excluding diaryl/α,β-unsaturated/α-hetero) is 1. The van der Waals surface area contributed by atoms with Crippen molar-refractivity contribution >= 4 is 22.7 Å². The second-order valence-corrected chi connectivity index (χ2v) is 8.05. The molecule has 0 aromatic heterocycles. The van der Waals surface area contributed by atoms with Gasteiger partial charge >= 0.3 is 0 Å². The van der Waals surface area contributed by atoms with Crippen molar-refractivity contribution in [1.29, 1.82) is 5.26 Å². The molecule has 4 aromatic rings. The first-order valence-corrected chi connectivity index (χ1v) is 10.6. The van der Waals surface area contributed by atoms with E-state index in [0.717, 1.165) is 33.4 Å². The van der Waals surface area contributed by atoms with E-state index in [9.17, 15) is 10.1 Å². The molecule has 0 amide bonds. The Labute approximate surface area is 197 Å². The van der Waals surface area contributed by atoms with Crippen LogP contribution in [0, 0.1) is 17.9 Å². The molecule has 1 aliphatic carbocycles. The molecule has 0 saturated heterocycles. The second kappa shape index (κ2) is 8.09. The average molecular weight is 438 g/mol. The van der Waals surface area contributed by atoms with Crippen molar-refractivity contribution in [3.05, 3.63) is 113 Å². The Kier molecular flexibility index (Phi) is 4.94. The number of carbonyl (C=O) groups excluding carboxylic acids is 1. The van der Waals surface area contributed by atoms with Crippen LogP contribution in [0.3, 0.4) is 0 Å². The fourth-order valence-corrected chi connectivity index (χ4v) is 4.37. The van der Waals surface area contributed by atoms with Crippen LogP contribution in [-0.2, 0) is 0 Å². The molecule has 0 unspecified atom stereocenters. The Morgan fingerprint density at radius 2 is 1.21 bits per heavy atom. The highest BCUT2D eigenvalue weighted by atomic mass is 16.1. The molecule has 1 aliphatic rings. The van der Waals surface area contributed by atoms with Gasteiger partial charge in [-0.3, -0.25) is 4.79 Å². The van der Waals surface area contributed by atoms with Crippen LogP contribution >= 0.6 is 0 Å². The quantitative estimate of drug-likeness (QED) is 0.168. The zero-order chi connectivity index (χ0) is 23.8. The Hall–Kier alpha value is -5.13. The molecule has 0 fully saturated rings. The normalized spacial score (nSPS) is 13.3. The number of carbonyl (C=O) groups is 1. The van der Waals surface area contributed by atoms with Crippen LogP contribution < -0.4 is 11.5 Å². The highest BCUT2D eigenvalue weighted by Gasteiger charge is 2.30. The van der Waals surface area contributed by atoms with Gasteiger partial charge in [-0.2, -0.15) is 0 Å². The summed E-state index contributed by atoms with van der Waals surface area (Å²) in [5.74, 6) is -0.328. The van der Waals surface area contributed by atoms with E-state index in [-0.39, 0.29) is 17.1 Å². The largest absolute Gasteiger partial charge is 0.399 e. The predicted octanol–water partition coefficient (Wildman–Crippen LogP) is 6.20. The molecule has 5 heteroatoms. The Morgan fingerprint density at radius 3 is 1.71 bits per heavy atom. The summed E-state index contributed by atoms with van der Waals surface area (Å²) in [6, 6.07) is 28.3. The fourth-order valence-electron chi connectivity index (χ4n) is 4.37. The van der Waals surface area contributed by atoms with Crippen molar-refractivity contribution < 1.29 is 4.79 Å². The molecule has 0 saturated carbocycles. The smallest absolute Gasteiger partial charge is 0.273 e. The van der Waals surface area contributed by atoms with Gasteiger partial charge in [0, 0.05) is 22.5 Å². The number of allylic oxidation sites excluding steroid dienone is 2. The van der Waals surface area contributed by atoms with Crippen molar-refractivity contribution in [2.45, 2.75) is 0 Å². The van der Waals surface area contributed by atoms with E-state index >= 15 is 0 Å². The van der Waals surface area contributed by atoms with Gasteiger partial charge in [0.05, 0.1) is 12.6 Å². The number of hydrogen-bond acceptors (Lipinski definition) is 4. The van der Waals surface area contributed by atoms with E-state index in [4.69, 9.17) is 18.0 Å². The average Bonchev–Trinajstić information content (AvgIpc) is 2.86. The molecule has 5 rings (SSSR count). The van der Waals surface area contributed by atoms with Crippen LogP contribution in [0.2, 0.25) is 0 Å². The predicted molar refractivity (Wildman–Crippen MR) is 135 cm³/mol. The van der Waals surface area contributed by atoms with Gasteiger partial charge < -0.3 is 11.5 Å². The Bertz CT molecular complexity index is 1600. The maximum absolute atomic E-state index is 13.5. The summed E-state index contributed by atoms with van der Waals surface area (Å²) in [7, 11) is 0. The summed E-state index contributed by atoms with van der Waals surface area (Å²) in [6.07, 6.45) is 0. The third-order valence-electron chi connectivity index (χ3n) is 5.96. The van der Waals surface area contributed by atoms with E-state index in [2.05, 4.69) is 4.85 Å². The number of ketones is 1. The molecule has 160 valence electrons. The third-order valence-corrected chi connectivity index (χ3v) is 5.96. The molecule has 0 radical (unpaired) electrons. The Balaban J connectivity index is 1.80. The molecular formula is C29H18N4O. The summed E-state index contributed by atoms with van der Waals surface area (Å²) >= 11 is 0. The minimum absolute atomic E-state index is 0.135. The van der Waals surface area contributed by atoms with E-state index in [1.807, 2.05) is 78.9 Å². The van der Waals surface area contributed by atoms with Crippen molar-refractivity contribution in [1.82, 2.24) is 0 Å². The van der Waals surface area contributed by atoms with Crippen molar-refractivity contribution in [3.8, 4) is 39.4 Å². The number of nitrogens with zero attached hydrogens (tertiary/aromatic N) is 2. The monoisotopic (exact) mass is 438 g/mol. The zero-order valence-corrected chi connectivity index (χ0v) is 18.0. The molecule has 0 bridgehead atoms. The van der Waals surface area contributed by atoms with E-state index in [0.29, 0.717) is 22.5 Å². The van der Waals surface area contributed by atoms with E-state index < -0.39 is 0 Å². The molecule has 5 nitrogen and oxygen atoms in total. The molecule has 0 aliphatic heterocycles. The molecule has 4 N–H and O–H groups in total. The van der Waals surface area contributed by atoms with Crippen LogP contribution in [0.1, 0.15) is 15.9 Å². The second-order valence-electron chi connectivity index (χ2n) is 8.05. The maximum atomic E-state index is 13.5. The van der Waals surface area contributed by atoms with Gasteiger partial charge in [0.15, 0.2) is 5.78 Å². The molecule has 0 heterocycles. The number of rotatable bonds is 2. The van der Waals surface area contributed by atoms with Gasteiger partial charge in [-0.25, -0.2) is 10.1 Å². The van der Waals surface area contributed by atoms with Gasteiger partial charge in [0.1, 0.15) is 0 Å². The minimum Gasteiger partial charge on any atom is -0.399 e. The number of benzene rings is 4. The summed E-state index contributed by atoms with van der Waals surface area (Å²) in [4.78, 5) is 16.8. The van der Waals surface area contributed by atoms with Crippen LogP contribution in [-0.4, -0.2) is 5.78 Å². The first kappa shape index (κ1) is 20.8. The van der Waals surface area contributed by atoms with Gasteiger partial charge in [0.25, 0.3) is 5.70 Å². The fraction of sp³-hybridized carbons (Fsp3) is 0. The van der Waals surface area contributed by atoms with Crippen LogP contribution in [0.4, 0.5) is 11.4 Å². The molecule has 0 atom stereocenters. The van der Waals surface area contributed by atoms with E-state index in [1.165, 1.54) is 0 Å². The lowest BCUT2D eigenvalue weighted by Gasteiger charge is -2.23. The molecule has 0 spiro atoms. The Morgan fingerprint density at radius 1 is 0.706 bits per heavy atom. The van der Waals surface area contributed by atoms with Crippen molar-refractivity contribution in [2.75, 3.05) is 11.5 Å². The van der Waals surface area contributed by atoms with Crippen molar-refractivity contribution in [3.63, 3.8) is 0 Å². The lowest BCUT2D eigenvalue weighted by atomic mass is 9.78. The number of nitrogens with two attached hydrogens (primary N) is 2. The first-order valence-electron chi connectivity index (χ1n) is 10.6. The number of hydrogen-bond donors (Lipinski definition) is 2. The summed E-state index contributed by atoms with van der Waals surface area (Å²) in [5, 5.41) is 9.55. The third kappa shape index (κ3) is 3.39. The molecule has 34 heavy (non-hydrogen) atoms. The van der Waals surface area contributed by atoms with E-state index in [1.54, 1.807) is 12.1 Å². The maximum Gasteiger partial charge on any atom is 0.273 e. The standard InChI is InChI=1S/C29H18N4O/c1-33-27(16-30)28-23-10-8-19(17-4-2-6-21(31)12-17)14-25(23)26-15-20(9-11-24(26)29(28)34)18-5-3-7-22(32)13-18/h2-15H,31-32H2/b28-27-. The van der Waals surface area contributed by atoms with Gasteiger partial charge in [-0.1, -0.05) is 42.5 Å². The highest BCUT2D eigenvalue weighted by Crippen LogP contribution is 2.44. The van der Waals surface area contributed by atoms with Crippen LogP contribution in [0.5, 0.6) is 0 Å². The first-order chi connectivity index (χ1) is 16.5. The van der Waals surface area contributed by atoms with Crippen LogP contribution in [0.25, 0.3) is 43.8 Å². The molecular weight excluding hydrogens is 420 g/mol. The minimum atomic E-state index is -0.328. The van der Waals surface area contributed by atoms with Crippen LogP contribution in [0.15, 0.2) is 90.6 Å². The number of anilines is 2. The van der Waals surface area contributed by atoms with Gasteiger partial charge in [-0.05, 0) is 81.4 Å². The topological polar surface area (TPSA) is 97.3 Å². The highest BCUT2D eigenvalue weighted by molar-refractivity contribution is 6.35. The summed E-state index contributed by atoms with van der Waals surface area (Å²) in [5.41, 5.74) is 19.4. The van der Waals surface area contributed by atoms with Gasteiger partial charge in [0.2, 0.25) is 0 Å². The summed E-state index contributed by atoms with van der Waals surface area (Å²) in [6.45, 7) is 7.45.